The van der Waals surface area contributed by atoms with Crippen LogP contribution in [0.1, 0.15) is 24.9 Å². The van der Waals surface area contributed by atoms with Crippen LogP contribution in [0.4, 0.5) is 0 Å². The van der Waals surface area contributed by atoms with E-state index in [0.717, 1.165) is 16.9 Å². The molecule has 1 heterocycles. The number of likely N-dealkylation sites (tertiary alicyclic amines) is 1. The van der Waals surface area contributed by atoms with Gasteiger partial charge >= 0.3 is 0 Å². The fraction of sp³-hybridized carbons (Fsp3) is 0.571. The van der Waals surface area contributed by atoms with Gasteiger partial charge in [-0.15, -0.1) is 0 Å². The Labute approximate surface area is 113 Å². The minimum absolute atomic E-state index is 0.532. The maximum absolute atomic E-state index is 3.49. The van der Waals surface area contributed by atoms with E-state index in [2.05, 4.69) is 57.3 Å². The Hall–Kier alpha value is -0.380. The number of rotatable bonds is 4. The summed E-state index contributed by atoms with van der Waals surface area (Å²) >= 11 is 3.49. The summed E-state index contributed by atoms with van der Waals surface area (Å²) in [5, 5.41) is 3.28. The summed E-state index contributed by atoms with van der Waals surface area (Å²) in [4.78, 5) is 2.59. The van der Waals surface area contributed by atoms with Crippen molar-refractivity contribution in [2.75, 3.05) is 26.7 Å². The highest BCUT2D eigenvalue weighted by atomic mass is 79.9. The summed E-state index contributed by atoms with van der Waals surface area (Å²) in [5.41, 5.74) is 1.42. The largest absolute Gasteiger partial charge is 0.319 e. The highest BCUT2D eigenvalue weighted by molar-refractivity contribution is 9.10. The number of hydrogen-bond donors (Lipinski definition) is 1. The van der Waals surface area contributed by atoms with Gasteiger partial charge in [-0.05, 0) is 57.1 Å². The Morgan fingerprint density at radius 1 is 1.41 bits per heavy atom. The second kappa shape index (κ2) is 5.98. The van der Waals surface area contributed by atoms with Gasteiger partial charge < -0.3 is 5.32 Å². The normalized spacial score (nSPS) is 22.9. The fourth-order valence-electron chi connectivity index (χ4n) is 2.62. The molecule has 1 aliphatic heterocycles. The topological polar surface area (TPSA) is 15.3 Å². The van der Waals surface area contributed by atoms with Crippen LogP contribution in [0.3, 0.4) is 0 Å². The van der Waals surface area contributed by atoms with E-state index in [4.69, 9.17) is 0 Å². The molecule has 17 heavy (non-hydrogen) atoms. The van der Waals surface area contributed by atoms with Crippen molar-refractivity contribution in [3.8, 4) is 0 Å². The summed E-state index contributed by atoms with van der Waals surface area (Å²) in [6, 6.07) is 9.24. The molecule has 3 heteroatoms. The van der Waals surface area contributed by atoms with Crippen molar-refractivity contribution in [2.24, 2.45) is 5.92 Å². The number of benzene rings is 1. The first-order valence-corrected chi connectivity index (χ1v) is 7.14. The third kappa shape index (κ3) is 3.30. The van der Waals surface area contributed by atoms with Gasteiger partial charge in [0.15, 0.2) is 0 Å². The molecular weight excluding hydrogens is 276 g/mol. The summed E-state index contributed by atoms with van der Waals surface area (Å²) in [6.07, 6.45) is 1.32. The molecule has 2 nitrogen and oxygen atoms in total. The molecule has 0 bridgehead atoms. The molecule has 0 aromatic heterocycles. The van der Waals surface area contributed by atoms with Crippen LogP contribution >= 0.6 is 15.9 Å². The van der Waals surface area contributed by atoms with Crippen LogP contribution in [-0.4, -0.2) is 31.6 Å². The summed E-state index contributed by atoms with van der Waals surface area (Å²) in [6.45, 7) is 5.90. The molecule has 2 rings (SSSR count). The van der Waals surface area contributed by atoms with Gasteiger partial charge in [0.1, 0.15) is 0 Å². The van der Waals surface area contributed by atoms with E-state index in [1.807, 2.05) is 7.05 Å². The van der Waals surface area contributed by atoms with E-state index in [0.29, 0.717) is 6.04 Å². The highest BCUT2D eigenvalue weighted by Crippen LogP contribution is 2.27. The molecule has 0 saturated carbocycles. The molecule has 2 atom stereocenters. The standard InChI is InChI=1S/C14H21BrN2/c1-11(13-3-5-14(15)6-4-13)17-8-7-12(10-17)9-16-2/h3-6,11-12,16H,7-10H2,1-2H3. The van der Waals surface area contributed by atoms with E-state index in [1.165, 1.54) is 25.1 Å². The monoisotopic (exact) mass is 296 g/mol. The van der Waals surface area contributed by atoms with E-state index >= 15 is 0 Å². The smallest absolute Gasteiger partial charge is 0.0320 e. The number of hydrogen-bond acceptors (Lipinski definition) is 2. The number of nitrogens with zero attached hydrogens (tertiary/aromatic N) is 1. The van der Waals surface area contributed by atoms with Crippen LogP contribution in [0.25, 0.3) is 0 Å². The van der Waals surface area contributed by atoms with Crippen LogP contribution in [-0.2, 0) is 0 Å². The Bertz CT molecular complexity index is 350. The first-order valence-electron chi connectivity index (χ1n) is 6.35. The average Bonchev–Trinajstić information content (AvgIpc) is 2.78. The Kier molecular flexibility index (Phi) is 4.60. The first kappa shape index (κ1) is 13.1. The van der Waals surface area contributed by atoms with Gasteiger partial charge in [0, 0.05) is 17.1 Å². The van der Waals surface area contributed by atoms with E-state index in [9.17, 15) is 0 Å². The van der Waals surface area contributed by atoms with Crippen molar-refractivity contribution in [1.82, 2.24) is 10.2 Å². The molecule has 0 aliphatic carbocycles. The molecule has 2 unspecified atom stereocenters. The van der Waals surface area contributed by atoms with E-state index in [-0.39, 0.29) is 0 Å². The predicted octanol–water partition coefficient (Wildman–Crippen LogP) is 3.05. The zero-order chi connectivity index (χ0) is 12.3. The maximum atomic E-state index is 3.49. The van der Waals surface area contributed by atoms with Crippen LogP contribution in [0, 0.1) is 5.92 Å². The zero-order valence-electron chi connectivity index (χ0n) is 10.6. The molecule has 94 valence electrons. The molecular formula is C14H21BrN2. The molecule has 1 aliphatic rings. The molecule has 1 saturated heterocycles. The zero-order valence-corrected chi connectivity index (χ0v) is 12.2. The highest BCUT2D eigenvalue weighted by Gasteiger charge is 2.25. The third-order valence-electron chi connectivity index (χ3n) is 3.71. The second-order valence-electron chi connectivity index (χ2n) is 4.93. The van der Waals surface area contributed by atoms with Crippen molar-refractivity contribution < 1.29 is 0 Å². The molecule has 1 aromatic rings. The Morgan fingerprint density at radius 2 is 2.12 bits per heavy atom. The van der Waals surface area contributed by atoms with Gasteiger partial charge in [-0.25, -0.2) is 0 Å². The van der Waals surface area contributed by atoms with Crippen molar-refractivity contribution in [3.63, 3.8) is 0 Å². The van der Waals surface area contributed by atoms with Crippen molar-refractivity contribution in [1.29, 1.82) is 0 Å². The lowest BCUT2D eigenvalue weighted by molar-refractivity contribution is 0.252. The fourth-order valence-corrected chi connectivity index (χ4v) is 2.89. The summed E-state index contributed by atoms with van der Waals surface area (Å²) < 4.78 is 1.16. The third-order valence-corrected chi connectivity index (χ3v) is 4.24. The van der Waals surface area contributed by atoms with Crippen molar-refractivity contribution in [2.45, 2.75) is 19.4 Å². The lowest BCUT2D eigenvalue weighted by Gasteiger charge is -2.24. The number of nitrogens with one attached hydrogen (secondary N) is 1. The van der Waals surface area contributed by atoms with Gasteiger partial charge in [0.25, 0.3) is 0 Å². The van der Waals surface area contributed by atoms with E-state index in [1.54, 1.807) is 0 Å². The van der Waals surface area contributed by atoms with E-state index < -0.39 is 0 Å². The molecule has 1 aromatic carbocycles. The van der Waals surface area contributed by atoms with Crippen LogP contribution in [0.5, 0.6) is 0 Å². The van der Waals surface area contributed by atoms with Crippen LogP contribution in [0.2, 0.25) is 0 Å². The van der Waals surface area contributed by atoms with Crippen LogP contribution < -0.4 is 5.32 Å². The SMILES string of the molecule is CNCC1CCN(C(C)c2ccc(Br)cc2)C1. The van der Waals surface area contributed by atoms with Crippen molar-refractivity contribution in [3.05, 3.63) is 34.3 Å². The lowest BCUT2D eigenvalue weighted by Crippen LogP contribution is -2.27. The van der Waals surface area contributed by atoms with Gasteiger partial charge in [-0.3, -0.25) is 4.90 Å². The summed E-state index contributed by atoms with van der Waals surface area (Å²) in [5.74, 6) is 0.817. The Morgan fingerprint density at radius 3 is 2.76 bits per heavy atom. The maximum Gasteiger partial charge on any atom is 0.0320 e. The van der Waals surface area contributed by atoms with Gasteiger partial charge in [-0.1, -0.05) is 28.1 Å². The molecule has 0 spiro atoms. The van der Waals surface area contributed by atoms with Crippen LogP contribution in [0.15, 0.2) is 28.7 Å². The van der Waals surface area contributed by atoms with Gasteiger partial charge in [-0.2, -0.15) is 0 Å². The molecule has 1 fully saturated rings. The minimum atomic E-state index is 0.532. The molecule has 0 radical (unpaired) electrons. The summed E-state index contributed by atoms with van der Waals surface area (Å²) in [7, 11) is 2.04. The molecule has 1 N–H and O–H groups in total. The average molecular weight is 297 g/mol. The molecule has 0 amide bonds. The Balaban J connectivity index is 1.96. The minimum Gasteiger partial charge on any atom is -0.319 e. The van der Waals surface area contributed by atoms with Crippen molar-refractivity contribution >= 4 is 15.9 Å². The second-order valence-corrected chi connectivity index (χ2v) is 5.85. The quantitative estimate of drug-likeness (QED) is 0.919. The number of halogens is 1. The predicted molar refractivity (Wildman–Crippen MR) is 76.2 cm³/mol. The lowest BCUT2D eigenvalue weighted by atomic mass is 10.1. The van der Waals surface area contributed by atoms with Gasteiger partial charge in [0.05, 0.1) is 0 Å². The van der Waals surface area contributed by atoms with Gasteiger partial charge in [0.2, 0.25) is 0 Å². The first-order chi connectivity index (χ1) is 8.20.